The molecule has 0 aromatic heterocycles. The average Bonchev–Trinajstić information content (AvgIpc) is 3.05. The van der Waals surface area contributed by atoms with Crippen LogP contribution in [-0.2, 0) is 32.6 Å². The van der Waals surface area contributed by atoms with E-state index in [4.69, 9.17) is 16.3 Å². The summed E-state index contributed by atoms with van der Waals surface area (Å²) in [7, 11) is -2.65. The number of nitrogens with one attached hydrogen (secondary N) is 1. The molecule has 0 saturated carbocycles. The van der Waals surface area contributed by atoms with Crippen molar-refractivity contribution in [1.29, 1.82) is 0 Å². The molecule has 0 bridgehead atoms. The number of anilines is 1. The van der Waals surface area contributed by atoms with Gasteiger partial charge in [-0.2, -0.15) is 0 Å². The molecule has 0 fully saturated rings. The number of carbonyl (C=O) groups excluding carboxylic acids is 2. The monoisotopic (exact) mass is 661 g/mol. The van der Waals surface area contributed by atoms with Gasteiger partial charge in [-0.3, -0.25) is 13.9 Å². The molecule has 0 aliphatic carbocycles. The Morgan fingerprint density at radius 2 is 1.52 bits per heavy atom. The highest BCUT2D eigenvalue weighted by Gasteiger charge is 2.35. The van der Waals surface area contributed by atoms with Crippen LogP contribution in [0.3, 0.4) is 0 Å². The van der Waals surface area contributed by atoms with Crippen molar-refractivity contribution in [3.8, 4) is 5.75 Å². The number of hydrogen-bond acceptors (Lipinski definition) is 5. The van der Waals surface area contributed by atoms with Crippen molar-refractivity contribution in [3.63, 3.8) is 0 Å². The first-order valence-electron chi connectivity index (χ1n) is 15.1. The molecule has 0 spiro atoms. The zero-order valence-corrected chi connectivity index (χ0v) is 28.1. The molecule has 4 aromatic rings. The molecule has 46 heavy (non-hydrogen) atoms. The van der Waals surface area contributed by atoms with Gasteiger partial charge in [0.25, 0.3) is 10.0 Å². The Morgan fingerprint density at radius 1 is 0.870 bits per heavy atom. The van der Waals surface area contributed by atoms with Gasteiger partial charge in [0.2, 0.25) is 11.8 Å². The fourth-order valence-corrected chi connectivity index (χ4v) is 6.80. The van der Waals surface area contributed by atoms with Crippen LogP contribution in [0.5, 0.6) is 5.75 Å². The summed E-state index contributed by atoms with van der Waals surface area (Å²) >= 11 is 6.23. The summed E-state index contributed by atoms with van der Waals surface area (Å²) in [6.45, 7) is 5.64. The quantitative estimate of drug-likeness (QED) is 0.172. The zero-order valence-electron chi connectivity index (χ0n) is 26.5. The van der Waals surface area contributed by atoms with E-state index in [1.54, 1.807) is 62.6 Å². The number of methoxy groups -OCH3 is 1. The van der Waals surface area contributed by atoms with Crippen molar-refractivity contribution in [2.75, 3.05) is 24.5 Å². The molecule has 0 aliphatic rings. The molecule has 0 radical (unpaired) electrons. The third-order valence-electron chi connectivity index (χ3n) is 7.48. The molecular formula is C36H40ClN3O5S. The molecule has 0 saturated heterocycles. The van der Waals surface area contributed by atoms with Gasteiger partial charge in [0.15, 0.2) is 0 Å². The maximum absolute atomic E-state index is 14.6. The number of hydrogen-bond donors (Lipinski definition) is 1. The summed E-state index contributed by atoms with van der Waals surface area (Å²) in [6, 6.07) is 28.6. The van der Waals surface area contributed by atoms with Crippen molar-refractivity contribution in [1.82, 2.24) is 10.2 Å². The second kappa shape index (κ2) is 15.8. The van der Waals surface area contributed by atoms with Crippen LogP contribution >= 0.6 is 11.6 Å². The lowest BCUT2D eigenvalue weighted by atomic mass is 10.0. The maximum atomic E-state index is 14.6. The summed E-state index contributed by atoms with van der Waals surface area (Å²) in [4.78, 5) is 30.0. The number of amides is 2. The highest BCUT2D eigenvalue weighted by molar-refractivity contribution is 7.92. The molecule has 0 aliphatic heterocycles. The van der Waals surface area contributed by atoms with Gasteiger partial charge in [0, 0.05) is 24.5 Å². The summed E-state index contributed by atoms with van der Waals surface area (Å²) in [5.41, 5.74) is 2.47. The van der Waals surface area contributed by atoms with Gasteiger partial charge < -0.3 is 15.0 Å². The maximum Gasteiger partial charge on any atom is 0.264 e. The first-order valence-corrected chi connectivity index (χ1v) is 16.9. The van der Waals surface area contributed by atoms with E-state index in [2.05, 4.69) is 5.32 Å². The summed E-state index contributed by atoms with van der Waals surface area (Å²) in [6.07, 6.45) is 0.228. The lowest BCUT2D eigenvalue weighted by Gasteiger charge is -2.34. The van der Waals surface area contributed by atoms with Crippen molar-refractivity contribution >= 4 is 39.1 Å². The lowest BCUT2D eigenvalue weighted by molar-refractivity contribution is -0.140. The largest absolute Gasteiger partial charge is 0.497 e. The number of halogens is 1. The molecule has 1 N–H and O–H groups in total. The predicted octanol–water partition coefficient (Wildman–Crippen LogP) is 6.26. The SMILES string of the molecule is COc1cccc(CN(C(=O)CN(c2ccc(Cl)cc2C)S(=O)(=O)c2ccccc2)[C@@H](Cc2ccccc2)C(=O)NCC(C)C)c1. The second-order valence-corrected chi connectivity index (χ2v) is 13.8. The number of benzene rings is 4. The van der Waals surface area contributed by atoms with Gasteiger partial charge in [0.1, 0.15) is 18.3 Å². The Bertz CT molecular complexity index is 1730. The minimum absolute atomic E-state index is 0.0343. The summed E-state index contributed by atoms with van der Waals surface area (Å²) in [5.74, 6) is -0.0895. The van der Waals surface area contributed by atoms with E-state index in [1.165, 1.54) is 17.0 Å². The minimum Gasteiger partial charge on any atom is -0.497 e. The standard InChI is InChI=1S/C36H40ClN3O5S/c1-26(2)23-38-36(42)34(22-28-12-7-5-8-13-28)39(24-29-14-11-15-31(21-29)45-4)35(41)25-40(33-19-18-30(37)20-27(33)3)46(43,44)32-16-9-6-10-17-32/h5-21,26,34H,22-25H2,1-4H3,(H,38,42)/t34-/m0/s1. The Balaban J connectivity index is 1.82. The van der Waals surface area contributed by atoms with Crippen molar-refractivity contribution in [3.05, 3.63) is 125 Å². The van der Waals surface area contributed by atoms with Crippen molar-refractivity contribution in [2.45, 2.75) is 44.7 Å². The zero-order chi connectivity index (χ0) is 33.3. The first-order chi connectivity index (χ1) is 22.0. The molecule has 1 atom stereocenters. The molecule has 0 heterocycles. The van der Waals surface area contributed by atoms with E-state index < -0.39 is 28.5 Å². The highest BCUT2D eigenvalue weighted by atomic mass is 35.5. The first kappa shape index (κ1) is 34.5. The Morgan fingerprint density at radius 3 is 2.15 bits per heavy atom. The van der Waals surface area contributed by atoms with E-state index in [9.17, 15) is 18.0 Å². The van der Waals surface area contributed by atoms with Crippen LogP contribution in [0.4, 0.5) is 5.69 Å². The fraction of sp³-hybridized carbons (Fsp3) is 0.278. The lowest BCUT2D eigenvalue weighted by Crippen LogP contribution is -2.53. The molecule has 10 heteroatoms. The van der Waals surface area contributed by atoms with Crippen LogP contribution in [0.15, 0.2) is 108 Å². The third kappa shape index (κ3) is 8.89. The number of carbonyl (C=O) groups is 2. The van der Waals surface area contributed by atoms with Gasteiger partial charge in [-0.25, -0.2) is 8.42 Å². The predicted molar refractivity (Wildman–Crippen MR) is 182 cm³/mol. The topological polar surface area (TPSA) is 96.0 Å². The molecule has 4 aromatic carbocycles. The number of ether oxygens (including phenoxy) is 1. The van der Waals surface area contributed by atoms with E-state index in [0.717, 1.165) is 15.4 Å². The highest BCUT2D eigenvalue weighted by Crippen LogP contribution is 2.30. The Labute approximate surface area is 277 Å². The number of nitrogens with zero attached hydrogens (tertiary/aromatic N) is 2. The van der Waals surface area contributed by atoms with Gasteiger partial charge in [-0.15, -0.1) is 0 Å². The average molecular weight is 662 g/mol. The minimum atomic E-state index is -4.21. The Kier molecular flexibility index (Phi) is 11.8. The second-order valence-electron chi connectivity index (χ2n) is 11.5. The molecule has 0 unspecified atom stereocenters. The fourth-order valence-electron chi connectivity index (χ4n) is 5.08. The molecule has 8 nitrogen and oxygen atoms in total. The van der Waals surface area contributed by atoms with E-state index in [0.29, 0.717) is 28.6 Å². The third-order valence-corrected chi connectivity index (χ3v) is 9.49. The van der Waals surface area contributed by atoms with Gasteiger partial charge in [-0.1, -0.05) is 86.1 Å². The molecule has 2 amide bonds. The molecular weight excluding hydrogens is 622 g/mol. The van der Waals surface area contributed by atoms with E-state index in [-0.39, 0.29) is 29.7 Å². The van der Waals surface area contributed by atoms with Gasteiger partial charge >= 0.3 is 0 Å². The van der Waals surface area contributed by atoms with Crippen molar-refractivity contribution < 1.29 is 22.7 Å². The van der Waals surface area contributed by atoms with Crippen LogP contribution in [0.25, 0.3) is 0 Å². The van der Waals surface area contributed by atoms with E-state index >= 15 is 0 Å². The van der Waals surface area contributed by atoms with Crippen LogP contribution in [-0.4, -0.2) is 51.4 Å². The van der Waals surface area contributed by atoms with Crippen LogP contribution < -0.4 is 14.4 Å². The summed E-state index contributed by atoms with van der Waals surface area (Å²) in [5, 5.41) is 3.44. The smallest absolute Gasteiger partial charge is 0.264 e. The number of aryl methyl sites for hydroxylation is 1. The molecule has 4 rings (SSSR count). The van der Waals surface area contributed by atoms with Gasteiger partial charge in [0.05, 0.1) is 17.7 Å². The van der Waals surface area contributed by atoms with Crippen LogP contribution in [0.2, 0.25) is 5.02 Å². The Hall–Kier alpha value is -4.34. The number of sulfonamides is 1. The summed E-state index contributed by atoms with van der Waals surface area (Å²) < 4.78 is 34.9. The van der Waals surface area contributed by atoms with E-state index in [1.807, 2.05) is 56.3 Å². The number of rotatable bonds is 14. The van der Waals surface area contributed by atoms with Crippen LogP contribution in [0, 0.1) is 12.8 Å². The van der Waals surface area contributed by atoms with Gasteiger partial charge in [-0.05, 0) is 72.0 Å². The molecule has 242 valence electrons. The van der Waals surface area contributed by atoms with Crippen LogP contribution in [0.1, 0.15) is 30.5 Å². The van der Waals surface area contributed by atoms with Crippen molar-refractivity contribution in [2.24, 2.45) is 5.92 Å². The normalized spacial score (nSPS) is 12.0.